The van der Waals surface area contributed by atoms with Gasteiger partial charge in [-0.1, -0.05) is 43.2 Å². The van der Waals surface area contributed by atoms with Crippen molar-refractivity contribution < 1.29 is 9.59 Å². The second-order valence-electron chi connectivity index (χ2n) is 8.89. The van der Waals surface area contributed by atoms with E-state index in [0.717, 1.165) is 56.8 Å². The van der Waals surface area contributed by atoms with Gasteiger partial charge in [-0.3, -0.25) is 14.5 Å². The van der Waals surface area contributed by atoms with Gasteiger partial charge in [-0.25, -0.2) is 9.50 Å². The summed E-state index contributed by atoms with van der Waals surface area (Å²) in [6.45, 7) is 4.58. The van der Waals surface area contributed by atoms with Crippen LogP contribution in [-0.2, 0) is 4.79 Å². The van der Waals surface area contributed by atoms with E-state index in [1.54, 1.807) is 16.9 Å². The molecule has 1 aliphatic heterocycles. The molecule has 0 radical (unpaired) electrons. The van der Waals surface area contributed by atoms with Crippen LogP contribution in [0.25, 0.3) is 16.9 Å². The second-order valence-corrected chi connectivity index (χ2v) is 8.89. The molecule has 0 atom stereocenters. The van der Waals surface area contributed by atoms with Crippen LogP contribution in [0.3, 0.4) is 0 Å². The van der Waals surface area contributed by atoms with Crippen LogP contribution in [0, 0.1) is 5.92 Å². The number of rotatable bonds is 6. The average Bonchev–Trinajstić information content (AvgIpc) is 3.55. The van der Waals surface area contributed by atoms with Gasteiger partial charge < -0.3 is 10.2 Å². The fourth-order valence-corrected chi connectivity index (χ4v) is 4.92. The summed E-state index contributed by atoms with van der Waals surface area (Å²) in [6.07, 6.45) is 7.77. The number of piperazine rings is 1. The Morgan fingerprint density at radius 2 is 1.76 bits per heavy atom. The molecule has 5 rings (SSSR count). The van der Waals surface area contributed by atoms with Gasteiger partial charge in [0.2, 0.25) is 5.91 Å². The molecule has 3 aromatic rings. The molecule has 1 aromatic carbocycles. The predicted molar refractivity (Wildman–Crippen MR) is 126 cm³/mol. The summed E-state index contributed by atoms with van der Waals surface area (Å²) in [5, 5.41) is 7.42. The summed E-state index contributed by atoms with van der Waals surface area (Å²) in [6, 6.07) is 11.8. The third kappa shape index (κ3) is 4.61. The van der Waals surface area contributed by atoms with Crippen molar-refractivity contribution in [2.45, 2.75) is 25.7 Å². The van der Waals surface area contributed by atoms with E-state index in [1.807, 2.05) is 41.3 Å². The lowest BCUT2D eigenvalue weighted by Gasteiger charge is -2.36. The van der Waals surface area contributed by atoms with E-state index in [-0.39, 0.29) is 11.8 Å². The Kier molecular flexibility index (Phi) is 6.35. The summed E-state index contributed by atoms with van der Waals surface area (Å²) in [5.41, 5.74) is 2.93. The van der Waals surface area contributed by atoms with Crippen LogP contribution in [0.1, 0.15) is 36.0 Å². The first kappa shape index (κ1) is 21.6. The number of nitrogens with zero attached hydrogens (tertiary/aromatic N) is 5. The van der Waals surface area contributed by atoms with E-state index in [1.165, 1.54) is 12.8 Å². The zero-order chi connectivity index (χ0) is 22.6. The monoisotopic (exact) mass is 446 g/mol. The first-order valence-electron chi connectivity index (χ1n) is 11.9. The number of nitrogens with one attached hydrogen (secondary N) is 1. The van der Waals surface area contributed by atoms with Crippen LogP contribution in [0.15, 0.2) is 48.8 Å². The molecule has 8 nitrogen and oxygen atoms in total. The minimum absolute atomic E-state index is 0.169. The third-order valence-electron chi connectivity index (χ3n) is 6.82. The highest BCUT2D eigenvalue weighted by atomic mass is 16.2. The molecule has 2 aromatic heterocycles. The molecule has 1 saturated carbocycles. The number of aromatic nitrogens is 3. The molecule has 1 saturated heterocycles. The van der Waals surface area contributed by atoms with Crippen LogP contribution in [0.2, 0.25) is 0 Å². The zero-order valence-electron chi connectivity index (χ0n) is 18.8. The van der Waals surface area contributed by atoms with E-state index in [2.05, 4.69) is 20.3 Å². The number of hydrogen-bond donors (Lipinski definition) is 1. The van der Waals surface area contributed by atoms with Crippen molar-refractivity contribution in [2.24, 2.45) is 5.92 Å². The molecular formula is C25H30N6O2. The first-order valence-corrected chi connectivity index (χ1v) is 11.9. The molecule has 172 valence electrons. The summed E-state index contributed by atoms with van der Waals surface area (Å²) in [5.74, 6) is 0.423. The Morgan fingerprint density at radius 3 is 2.52 bits per heavy atom. The third-order valence-corrected chi connectivity index (χ3v) is 6.82. The number of hydrogen-bond acceptors (Lipinski definition) is 5. The second kappa shape index (κ2) is 9.70. The van der Waals surface area contributed by atoms with Gasteiger partial charge >= 0.3 is 0 Å². The van der Waals surface area contributed by atoms with E-state index in [9.17, 15) is 9.59 Å². The van der Waals surface area contributed by atoms with Gasteiger partial charge in [0.15, 0.2) is 5.65 Å². The van der Waals surface area contributed by atoms with Crippen LogP contribution < -0.4 is 5.32 Å². The highest BCUT2D eigenvalue weighted by molar-refractivity contribution is 5.99. The Labute approximate surface area is 193 Å². The molecule has 1 aliphatic carbocycles. The number of carbonyl (C=O) groups excluding carboxylic acids is 2. The number of benzene rings is 1. The molecule has 1 N–H and O–H groups in total. The molecule has 0 unspecified atom stereocenters. The van der Waals surface area contributed by atoms with E-state index >= 15 is 0 Å². The Morgan fingerprint density at radius 1 is 1.00 bits per heavy atom. The van der Waals surface area contributed by atoms with E-state index < -0.39 is 0 Å². The zero-order valence-corrected chi connectivity index (χ0v) is 18.8. The molecule has 0 spiro atoms. The molecule has 3 heterocycles. The van der Waals surface area contributed by atoms with Crippen molar-refractivity contribution in [1.29, 1.82) is 0 Å². The van der Waals surface area contributed by atoms with Crippen LogP contribution in [0.4, 0.5) is 0 Å². The molecule has 2 aliphatic rings. The van der Waals surface area contributed by atoms with Crippen molar-refractivity contribution in [2.75, 3.05) is 39.3 Å². The topological polar surface area (TPSA) is 82.8 Å². The van der Waals surface area contributed by atoms with Crippen LogP contribution >= 0.6 is 0 Å². The van der Waals surface area contributed by atoms with Gasteiger partial charge in [0.05, 0.1) is 11.9 Å². The SMILES string of the molecule is O=C(NCCN1CCN(C(=O)C2CCCC2)CC1)c1cnn2c(-c3ccccc3)ccnc12. The van der Waals surface area contributed by atoms with Gasteiger partial charge in [0.1, 0.15) is 5.56 Å². The van der Waals surface area contributed by atoms with Crippen molar-refractivity contribution in [3.63, 3.8) is 0 Å². The molecule has 0 bridgehead atoms. The minimum Gasteiger partial charge on any atom is -0.351 e. The highest BCUT2D eigenvalue weighted by Gasteiger charge is 2.29. The molecule has 2 fully saturated rings. The van der Waals surface area contributed by atoms with Gasteiger partial charge in [0.25, 0.3) is 5.91 Å². The Hall–Kier alpha value is -3.26. The first-order chi connectivity index (χ1) is 16.2. The Bertz CT molecular complexity index is 1110. The largest absolute Gasteiger partial charge is 0.351 e. The maximum atomic E-state index is 12.8. The summed E-state index contributed by atoms with van der Waals surface area (Å²) in [4.78, 5) is 34.2. The smallest absolute Gasteiger partial charge is 0.256 e. The minimum atomic E-state index is -0.169. The van der Waals surface area contributed by atoms with Gasteiger partial charge in [-0.15, -0.1) is 0 Å². The van der Waals surface area contributed by atoms with Gasteiger partial charge in [-0.05, 0) is 18.9 Å². The molecular weight excluding hydrogens is 416 g/mol. The Balaban J connectivity index is 1.14. The lowest BCUT2D eigenvalue weighted by Crippen LogP contribution is -2.51. The van der Waals surface area contributed by atoms with E-state index in [4.69, 9.17) is 0 Å². The lowest BCUT2D eigenvalue weighted by molar-refractivity contribution is -0.137. The summed E-state index contributed by atoms with van der Waals surface area (Å²) in [7, 11) is 0. The van der Waals surface area contributed by atoms with Crippen molar-refractivity contribution >= 4 is 17.5 Å². The normalized spacial score (nSPS) is 17.5. The van der Waals surface area contributed by atoms with Crippen molar-refractivity contribution in [3.8, 4) is 11.3 Å². The predicted octanol–water partition coefficient (Wildman–Crippen LogP) is 2.46. The van der Waals surface area contributed by atoms with Crippen LogP contribution in [-0.4, -0.2) is 75.5 Å². The lowest BCUT2D eigenvalue weighted by atomic mass is 10.1. The number of fused-ring (bicyclic) bond motifs is 1. The average molecular weight is 447 g/mol. The number of amides is 2. The molecule has 8 heteroatoms. The standard InChI is InChI=1S/C25H30N6O2/c32-24(21-18-28-31-22(10-11-26-23(21)31)19-6-2-1-3-7-19)27-12-13-29-14-16-30(17-15-29)25(33)20-8-4-5-9-20/h1-3,6-7,10-11,18,20H,4-5,8-9,12-17H2,(H,27,32). The summed E-state index contributed by atoms with van der Waals surface area (Å²) >= 11 is 0. The molecule has 33 heavy (non-hydrogen) atoms. The van der Waals surface area contributed by atoms with Crippen LogP contribution in [0.5, 0.6) is 0 Å². The summed E-state index contributed by atoms with van der Waals surface area (Å²) < 4.78 is 1.71. The quantitative estimate of drug-likeness (QED) is 0.629. The van der Waals surface area contributed by atoms with E-state index in [0.29, 0.717) is 23.7 Å². The maximum absolute atomic E-state index is 12.8. The molecule has 2 amide bonds. The number of carbonyl (C=O) groups is 2. The fourth-order valence-electron chi connectivity index (χ4n) is 4.92. The van der Waals surface area contributed by atoms with Crippen molar-refractivity contribution in [3.05, 3.63) is 54.4 Å². The maximum Gasteiger partial charge on any atom is 0.256 e. The van der Waals surface area contributed by atoms with Gasteiger partial charge in [-0.2, -0.15) is 5.10 Å². The highest BCUT2D eigenvalue weighted by Crippen LogP contribution is 2.27. The van der Waals surface area contributed by atoms with Gasteiger partial charge in [0, 0.05) is 56.9 Å². The van der Waals surface area contributed by atoms with Crippen molar-refractivity contribution in [1.82, 2.24) is 29.7 Å². The fraction of sp³-hybridized carbons (Fsp3) is 0.440.